The Bertz CT molecular complexity index is 658. The van der Waals surface area contributed by atoms with Gasteiger partial charge in [0, 0.05) is 12.6 Å². The lowest BCUT2D eigenvalue weighted by Crippen LogP contribution is -2.50. The van der Waals surface area contributed by atoms with Gasteiger partial charge in [0.15, 0.2) is 0 Å². The first-order chi connectivity index (χ1) is 11.3. The molecule has 2 atom stereocenters. The lowest BCUT2D eigenvalue weighted by Gasteiger charge is -2.31. The van der Waals surface area contributed by atoms with Crippen LogP contribution in [0.4, 0.5) is 4.79 Å². The van der Waals surface area contributed by atoms with E-state index in [1.54, 1.807) is 24.3 Å². The van der Waals surface area contributed by atoms with E-state index in [9.17, 15) is 18.3 Å². The highest BCUT2D eigenvalue weighted by molar-refractivity contribution is 7.89. The number of hydrogen-bond donors (Lipinski definition) is 2. The lowest BCUT2D eigenvalue weighted by molar-refractivity contribution is 0.118. The van der Waals surface area contributed by atoms with Gasteiger partial charge in [-0.15, -0.1) is 0 Å². The van der Waals surface area contributed by atoms with E-state index in [-0.39, 0.29) is 17.0 Å². The average Bonchev–Trinajstić information content (AvgIpc) is 2.95. The van der Waals surface area contributed by atoms with E-state index in [2.05, 4.69) is 4.72 Å². The Morgan fingerprint density at radius 2 is 1.96 bits per heavy atom. The van der Waals surface area contributed by atoms with E-state index in [0.29, 0.717) is 19.4 Å². The summed E-state index contributed by atoms with van der Waals surface area (Å²) in [5.41, 5.74) is 0.990. The number of amides is 1. The summed E-state index contributed by atoms with van der Waals surface area (Å²) in [6.07, 6.45) is 2.87. The first-order valence-electron chi connectivity index (χ1n) is 8.43. The smallest absolute Gasteiger partial charge is 0.407 e. The quantitative estimate of drug-likeness (QED) is 0.788. The van der Waals surface area contributed by atoms with E-state index in [1.165, 1.54) is 4.90 Å². The summed E-state index contributed by atoms with van der Waals surface area (Å²) in [4.78, 5) is 13.2. The Kier molecular flexibility index (Phi) is 6.23. The summed E-state index contributed by atoms with van der Waals surface area (Å²) in [6.45, 7) is 4.35. The van der Waals surface area contributed by atoms with Gasteiger partial charge in [-0.25, -0.2) is 17.9 Å². The lowest BCUT2D eigenvalue weighted by atomic mass is 10.1. The largest absolute Gasteiger partial charge is 0.465 e. The van der Waals surface area contributed by atoms with E-state index in [4.69, 9.17) is 0 Å². The van der Waals surface area contributed by atoms with Crippen LogP contribution in [-0.2, 0) is 10.0 Å². The molecule has 2 rings (SSSR count). The zero-order chi connectivity index (χ0) is 17.7. The highest BCUT2D eigenvalue weighted by atomic mass is 32.2. The Hall–Kier alpha value is -1.60. The van der Waals surface area contributed by atoms with Gasteiger partial charge in [0.1, 0.15) is 0 Å². The van der Waals surface area contributed by atoms with Crippen LogP contribution in [0.5, 0.6) is 0 Å². The van der Waals surface area contributed by atoms with Crippen molar-refractivity contribution in [3.63, 3.8) is 0 Å². The Morgan fingerprint density at radius 1 is 1.29 bits per heavy atom. The van der Waals surface area contributed by atoms with Crippen LogP contribution in [0.1, 0.15) is 44.6 Å². The molecule has 0 bridgehead atoms. The van der Waals surface area contributed by atoms with Gasteiger partial charge in [-0.2, -0.15) is 0 Å². The van der Waals surface area contributed by atoms with Crippen LogP contribution in [-0.4, -0.2) is 43.1 Å². The molecule has 2 unspecified atom stereocenters. The third-order valence-electron chi connectivity index (χ3n) is 4.52. The number of carbonyl (C=O) groups is 1. The third-order valence-corrected chi connectivity index (χ3v) is 6.02. The van der Waals surface area contributed by atoms with Gasteiger partial charge in [0.05, 0.1) is 10.9 Å². The molecule has 134 valence electrons. The van der Waals surface area contributed by atoms with Crippen LogP contribution >= 0.6 is 0 Å². The second-order valence-corrected chi connectivity index (χ2v) is 8.08. The molecule has 0 saturated heterocycles. The molecular weight excluding hydrogens is 328 g/mol. The zero-order valence-electron chi connectivity index (χ0n) is 14.2. The summed E-state index contributed by atoms with van der Waals surface area (Å²) in [5, 5.41) is 9.47. The number of unbranched alkanes of at least 4 members (excludes halogenated alkanes) is 1. The Morgan fingerprint density at radius 3 is 2.54 bits per heavy atom. The number of rotatable bonds is 7. The molecule has 0 aliphatic heterocycles. The molecule has 24 heavy (non-hydrogen) atoms. The molecule has 1 aliphatic carbocycles. The number of carboxylic acid groups (broad SMARTS) is 1. The number of aryl methyl sites for hydroxylation is 1. The van der Waals surface area contributed by atoms with Gasteiger partial charge >= 0.3 is 6.09 Å². The normalized spacial score (nSPS) is 20.9. The third kappa shape index (κ3) is 4.48. The molecule has 0 spiro atoms. The number of nitrogens with one attached hydrogen (secondary N) is 1. The summed E-state index contributed by atoms with van der Waals surface area (Å²) >= 11 is 0. The number of nitrogens with zero attached hydrogens (tertiary/aromatic N) is 1. The maximum atomic E-state index is 12.6. The van der Waals surface area contributed by atoms with Crippen LogP contribution in [0.25, 0.3) is 0 Å². The molecule has 1 saturated carbocycles. The van der Waals surface area contributed by atoms with Gasteiger partial charge in [0.25, 0.3) is 0 Å². The predicted molar refractivity (Wildman–Crippen MR) is 92.6 cm³/mol. The van der Waals surface area contributed by atoms with Crippen LogP contribution in [0.15, 0.2) is 29.2 Å². The zero-order valence-corrected chi connectivity index (χ0v) is 15.1. The predicted octanol–water partition coefficient (Wildman–Crippen LogP) is 2.97. The van der Waals surface area contributed by atoms with Gasteiger partial charge in [0.2, 0.25) is 10.0 Å². The Labute approximate surface area is 143 Å². The maximum absolute atomic E-state index is 12.6. The van der Waals surface area contributed by atoms with E-state index in [0.717, 1.165) is 24.8 Å². The molecule has 7 heteroatoms. The highest BCUT2D eigenvalue weighted by Gasteiger charge is 2.37. The molecule has 1 aliphatic rings. The van der Waals surface area contributed by atoms with Gasteiger partial charge in [-0.3, -0.25) is 0 Å². The summed E-state index contributed by atoms with van der Waals surface area (Å²) < 4.78 is 27.9. The fraction of sp³-hybridized carbons (Fsp3) is 0.588. The minimum atomic E-state index is -3.64. The molecule has 1 amide bonds. The molecule has 0 heterocycles. The van der Waals surface area contributed by atoms with E-state index in [1.807, 2.05) is 13.8 Å². The topological polar surface area (TPSA) is 86.7 Å². The second kappa shape index (κ2) is 7.98. The van der Waals surface area contributed by atoms with Crippen molar-refractivity contribution in [2.75, 3.05) is 6.54 Å². The van der Waals surface area contributed by atoms with Crippen molar-refractivity contribution >= 4 is 16.1 Å². The van der Waals surface area contributed by atoms with Crippen LogP contribution in [0, 0.1) is 6.92 Å². The van der Waals surface area contributed by atoms with Gasteiger partial charge in [-0.1, -0.05) is 31.0 Å². The Balaban J connectivity index is 2.14. The highest BCUT2D eigenvalue weighted by Crippen LogP contribution is 2.26. The molecule has 0 aromatic heterocycles. The molecule has 6 nitrogen and oxygen atoms in total. The van der Waals surface area contributed by atoms with Crippen molar-refractivity contribution < 1.29 is 18.3 Å². The van der Waals surface area contributed by atoms with Gasteiger partial charge in [-0.05, 0) is 44.7 Å². The SMILES string of the molecule is CCCCN(C(=O)O)C1CCCC1NS(=O)(=O)c1ccc(C)cc1. The molecule has 1 fully saturated rings. The molecule has 1 aromatic carbocycles. The molecule has 2 N–H and O–H groups in total. The first-order valence-corrected chi connectivity index (χ1v) is 9.92. The monoisotopic (exact) mass is 354 g/mol. The standard InChI is InChI=1S/C17H26N2O4S/c1-3-4-12-19(17(20)21)16-7-5-6-15(16)18-24(22,23)14-10-8-13(2)9-11-14/h8-11,15-16,18H,3-7,12H2,1-2H3,(H,20,21). The molecule has 0 radical (unpaired) electrons. The summed E-state index contributed by atoms with van der Waals surface area (Å²) in [5.74, 6) is 0. The van der Waals surface area contributed by atoms with Crippen LogP contribution in [0.2, 0.25) is 0 Å². The minimum Gasteiger partial charge on any atom is -0.465 e. The van der Waals surface area contributed by atoms with E-state index >= 15 is 0 Å². The minimum absolute atomic E-state index is 0.217. The fourth-order valence-corrected chi connectivity index (χ4v) is 4.47. The van der Waals surface area contributed by atoms with Crippen molar-refractivity contribution in [1.29, 1.82) is 0 Å². The fourth-order valence-electron chi connectivity index (χ4n) is 3.17. The maximum Gasteiger partial charge on any atom is 0.407 e. The van der Waals surface area contributed by atoms with Crippen molar-refractivity contribution in [3.8, 4) is 0 Å². The second-order valence-electron chi connectivity index (χ2n) is 6.37. The summed E-state index contributed by atoms with van der Waals surface area (Å²) in [7, 11) is -3.64. The summed E-state index contributed by atoms with van der Waals surface area (Å²) in [6, 6.07) is 6.00. The van der Waals surface area contributed by atoms with E-state index < -0.39 is 16.1 Å². The van der Waals surface area contributed by atoms with Crippen molar-refractivity contribution in [3.05, 3.63) is 29.8 Å². The first kappa shape index (κ1) is 18.7. The number of hydrogen-bond acceptors (Lipinski definition) is 3. The van der Waals surface area contributed by atoms with Gasteiger partial charge < -0.3 is 10.0 Å². The van der Waals surface area contributed by atoms with Crippen LogP contribution in [0.3, 0.4) is 0 Å². The number of sulfonamides is 1. The average molecular weight is 354 g/mol. The van der Waals surface area contributed by atoms with Crippen molar-refractivity contribution in [2.45, 2.75) is 62.9 Å². The number of benzene rings is 1. The van der Waals surface area contributed by atoms with Crippen molar-refractivity contribution in [1.82, 2.24) is 9.62 Å². The van der Waals surface area contributed by atoms with Crippen LogP contribution < -0.4 is 4.72 Å². The molecule has 1 aromatic rings. The molecular formula is C17H26N2O4S. The van der Waals surface area contributed by atoms with Crippen molar-refractivity contribution in [2.24, 2.45) is 0 Å².